The first-order chi connectivity index (χ1) is 15.9. The number of nitrogens with one attached hydrogen (secondary N) is 1. The van der Waals surface area contributed by atoms with Gasteiger partial charge in [-0.2, -0.15) is 0 Å². The van der Waals surface area contributed by atoms with E-state index >= 15 is 0 Å². The minimum absolute atomic E-state index is 0.0972. The van der Waals surface area contributed by atoms with Gasteiger partial charge in [0.15, 0.2) is 0 Å². The Morgan fingerprint density at radius 3 is 2.67 bits per heavy atom. The van der Waals surface area contributed by atoms with Gasteiger partial charge < -0.3 is 25.1 Å². The SMILES string of the molecule is COC(=O)C12CC3CC(C1)C(OC(=O)N1CC[C@@H](n4c(=O)[nH]c5cc(N)ccc54)C1)C(C3)C2. The van der Waals surface area contributed by atoms with Crippen LogP contribution in [0.15, 0.2) is 23.0 Å². The van der Waals surface area contributed by atoms with Gasteiger partial charge in [-0.1, -0.05) is 0 Å². The van der Waals surface area contributed by atoms with Crippen LogP contribution in [0.1, 0.15) is 44.6 Å². The Balaban J connectivity index is 1.16. The highest BCUT2D eigenvalue weighted by Gasteiger charge is 2.60. The lowest BCUT2D eigenvalue weighted by Gasteiger charge is -2.57. The molecule has 3 atom stereocenters. The number of likely N-dealkylation sites (tertiary alicyclic amines) is 1. The van der Waals surface area contributed by atoms with Gasteiger partial charge in [-0.3, -0.25) is 9.36 Å². The number of H-pyrrole nitrogens is 1. The number of benzene rings is 1. The molecule has 0 spiro atoms. The minimum Gasteiger partial charge on any atom is -0.469 e. The maximum atomic E-state index is 13.1. The second kappa shape index (κ2) is 7.27. The van der Waals surface area contributed by atoms with Gasteiger partial charge in [0.25, 0.3) is 0 Å². The Labute approximate surface area is 191 Å². The first-order valence-corrected chi connectivity index (χ1v) is 11.9. The molecule has 2 heterocycles. The lowest BCUT2D eigenvalue weighted by atomic mass is 9.48. The number of hydrogen-bond donors (Lipinski definition) is 2. The van der Waals surface area contributed by atoms with Gasteiger partial charge in [-0.05, 0) is 74.5 Å². The third kappa shape index (κ3) is 3.15. The number of methoxy groups -OCH3 is 1. The molecule has 9 heteroatoms. The fourth-order valence-corrected chi connectivity index (χ4v) is 7.46. The van der Waals surface area contributed by atoms with Crippen LogP contribution in [0.3, 0.4) is 0 Å². The van der Waals surface area contributed by atoms with Crippen LogP contribution in [-0.2, 0) is 14.3 Å². The predicted molar refractivity (Wildman–Crippen MR) is 120 cm³/mol. The number of anilines is 1. The topological polar surface area (TPSA) is 120 Å². The van der Waals surface area contributed by atoms with Crippen LogP contribution in [0, 0.1) is 23.2 Å². The van der Waals surface area contributed by atoms with Crippen molar-refractivity contribution in [3.8, 4) is 0 Å². The number of carbonyl (C=O) groups is 2. The number of hydrogen-bond acceptors (Lipinski definition) is 6. The van der Waals surface area contributed by atoms with Crippen molar-refractivity contribution >= 4 is 28.8 Å². The Hall–Kier alpha value is -2.97. The molecular weight excluding hydrogens is 424 g/mol. The van der Waals surface area contributed by atoms with Crippen molar-refractivity contribution in [2.24, 2.45) is 23.2 Å². The highest BCUT2D eigenvalue weighted by molar-refractivity contribution is 5.79. The van der Waals surface area contributed by atoms with Crippen molar-refractivity contribution in [2.75, 3.05) is 25.9 Å². The fourth-order valence-electron chi connectivity index (χ4n) is 7.46. The Bertz CT molecular complexity index is 1170. The first kappa shape index (κ1) is 20.6. The smallest absolute Gasteiger partial charge is 0.410 e. The summed E-state index contributed by atoms with van der Waals surface area (Å²) in [6.07, 6.45) is 4.70. The average Bonchev–Trinajstić information content (AvgIpc) is 3.38. The Morgan fingerprint density at radius 2 is 1.94 bits per heavy atom. The molecule has 5 fully saturated rings. The molecule has 4 aliphatic carbocycles. The van der Waals surface area contributed by atoms with E-state index in [0.29, 0.717) is 36.6 Å². The summed E-state index contributed by atoms with van der Waals surface area (Å²) in [4.78, 5) is 42.8. The van der Waals surface area contributed by atoms with Crippen molar-refractivity contribution in [3.05, 3.63) is 28.7 Å². The number of imidazole rings is 1. The molecule has 7 rings (SSSR count). The monoisotopic (exact) mass is 454 g/mol. The number of fused-ring (bicyclic) bond motifs is 1. The lowest BCUT2D eigenvalue weighted by molar-refractivity contribution is -0.182. The predicted octanol–water partition coefficient (Wildman–Crippen LogP) is 2.66. The largest absolute Gasteiger partial charge is 0.469 e. The summed E-state index contributed by atoms with van der Waals surface area (Å²) < 4.78 is 13.0. The summed E-state index contributed by atoms with van der Waals surface area (Å²) in [5, 5.41) is 0. The summed E-state index contributed by atoms with van der Waals surface area (Å²) in [6, 6.07) is 5.26. The van der Waals surface area contributed by atoms with Crippen LogP contribution in [0.5, 0.6) is 0 Å². The highest BCUT2D eigenvalue weighted by atomic mass is 16.6. The summed E-state index contributed by atoms with van der Waals surface area (Å²) in [7, 11) is 1.47. The number of amides is 1. The number of carbonyl (C=O) groups excluding carboxylic acids is 2. The van der Waals surface area contributed by atoms with Crippen LogP contribution in [0.4, 0.5) is 10.5 Å². The van der Waals surface area contributed by atoms with E-state index in [-0.39, 0.29) is 47.1 Å². The second-order valence-corrected chi connectivity index (χ2v) is 10.6. The molecule has 4 saturated carbocycles. The molecule has 1 saturated heterocycles. The van der Waals surface area contributed by atoms with E-state index in [1.807, 2.05) is 6.07 Å². The van der Waals surface area contributed by atoms with Gasteiger partial charge in [-0.25, -0.2) is 9.59 Å². The Kier molecular flexibility index (Phi) is 4.54. The lowest BCUT2D eigenvalue weighted by Crippen LogP contribution is -2.58. The summed E-state index contributed by atoms with van der Waals surface area (Å²) in [6.45, 7) is 0.987. The molecule has 1 aromatic heterocycles. The third-order valence-electron chi connectivity index (χ3n) is 8.57. The number of nitrogens with zero attached hydrogens (tertiary/aromatic N) is 2. The zero-order chi connectivity index (χ0) is 22.9. The van der Waals surface area contributed by atoms with E-state index < -0.39 is 0 Å². The minimum atomic E-state index is -0.382. The highest BCUT2D eigenvalue weighted by Crippen LogP contribution is 2.61. The van der Waals surface area contributed by atoms with Crippen LogP contribution in [0.2, 0.25) is 0 Å². The third-order valence-corrected chi connectivity index (χ3v) is 8.57. The summed E-state index contributed by atoms with van der Waals surface area (Å²) in [5.41, 5.74) is 7.36. The maximum absolute atomic E-state index is 13.1. The molecule has 33 heavy (non-hydrogen) atoms. The van der Waals surface area contributed by atoms with Crippen molar-refractivity contribution in [3.63, 3.8) is 0 Å². The summed E-state index contributed by atoms with van der Waals surface area (Å²) >= 11 is 0. The Morgan fingerprint density at radius 1 is 1.18 bits per heavy atom. The molecule has 3 N–H and O–H groups in total. The fraction of sp³-hybridized carbons (Fsp3) is 0.625. The van der Waals surface area contributed by atoms with Gasteiger partial charge >= 0.3 is 17.8 Å². The normalized spacial score (nSPS) is 34.7. The summed E-state index contributed by atoms with van der Waals surface area (Å²) in [5.74, 6) is 0.870. The molecule has 1 aliphatic heterocycles. The molecule has 1 aromatic carbocycles. The number of aromatic amines is 1. The number of ether oxygens (including phenoxy) is 2. The van der Waals surface area contributed by atoms with Gasteiger partial charge in [0.05, 0.1) is 29.6 Å². The van der Waals surface area contributed by atoms with Gasteiger partial charge in [-0.15, -0.1) is 0 Å². The maximum Gasteiger partial charge on any atom is 0.410 e. The average molecular weight is 455 g/mol. The quantitative estimate of drug-likeness (QED) is 0.544. The van der Waals surface area contributed by atoms with Crippen molar-refractivity contribution < 1.29 is 19.1 Å². The van der Waals surface area contributed by atoms with Crippen LogP contribution < -0.4 is 11.4 Å². The number of esters is 1. The molecule has 0 radical (unpaired) electrons. The molecule has 1 amide bonds. The van der Waals surface area contributed by atoms with Crippen LogP contribution in [-0.4, -0.2) is 52.8 Å². The van der Waals surface area contributed by atoms with E-state index in [2.05, 4.69) is 4.98 Å². The standard InChI is InChI=1S/C24H30N4O5/c1-32-21(29)24-9-13-6-14(10-24)20(15(7-13)11-24)33-23(31)27-5-4-17(12-27)28-19-3-2-16(25)8-18(19)26-22(28)30/h2-3,8,13-15,17,20H,4-7,9-12,25H2,1H3,(H,26,30)/t13?,14?,15?,17-,20?,24?/m1/s1. The van der Waals surface area contributed by atoms with E-state index in [1.54, 1.807) is 21.6 Å². The first-order valence-electron chi connectivity index (χ1n) is 11.9. The van der Waals surface area contributed by atoms with Crippen LogP contribution in [0.25, 0.3) is 11.0 Å². The zero-order valence-corrected chi connectivity index (χ0v) is 18.8. The van der Waals surface area contributed by atoms with E-state index in [4.69, 9.17) is 15.2 Å². The molecule has 2 unspecified atom stereocenters. The molecule has 5 aliphatic rings. The zero-order valence-electron chi connectivity index (χ0n) is 18.8. The molecular formula is C24H30N4O5. The van der Waals surface area contributed by atoms with Gasteiger partial charge in [0.1, 0.15) is 6.10 Å². The molecule has 176 valence electrons. The number of nitrogens with two attached hydrogens (primary N) is 1. The van der Waals surface area contributed by atoms with Crippen molar-refractivity contribution in [1.82, 2.24) is 14.5 Å². The second-order valence-electron chi connectivity index (χ2n) is 10.6. The van der Waals surface area contributed by atoms with E-state index in [0.717, 1.165) is 37.6 Å². The number of aromatic nitrogens is 2. The van der Waals surface area contributed by atoms with E-state index in [9.17, 15) is 14.4 Å². The van der Waals surface area contributed by atoms with Crippen molar-refractivity contribution in [2.45, 2.75) is 50.7 Å². The van der Waals surface area contributed by atoms with Gasteiger partial charge in [0, 0.05) is 18.8 Å². The van der Waals surface area contributed by atoms with Crippen LogP contribution >= 0.6 is 0 Å². The number of nitrogen functional groups attached to an aromatic ring is 1. The molecule has 4 bridgehead atoms. The number of rotatable bonds is 3. The van der Waals surface area contributed by atoms with E-state index in [1.165, 1.54) is 7.11 Å². The van der Waals surface area contributed by atoms with Crippen molar-refractivity contribution in [1.29, 1.82) is 0 Å². The molecule has 2 aromatic rings. The van der Waals surface area contributed by atoms with Gasteiger partial charge in [0.2, 0.25) is 0 Å². The molecule has 9 nitrogen and oxygen atoms in total.